The minimum atomic E-state index is -0.624. The highest BCUT2D eigenvalue weighted by atomic mass is 79.9. The van der Waals surface area contributed by atoms with E-state index in [9.17, 15) is 10.1 Å². The van der Waals surface area contributed by atoms with Crippen molar-refractivity contribution < 1.29 is 4.79 Å². The first-order valence-electron chi connectivity index (χ1n) is 7.85. The number of carbonyl (C=O) groups excluding carboxylic acids is 1. The third kappa shape index (κ3) is 3.43. The van der Waals surface area contributed by atoms with Crippen LogP contribution in [0.15, 0.2) is 53.1 Å². The Morgan fingerprint density at radius 2 is 1.88 bits per heavy atom. The van der Waals surface area contributed by atoms with E-state index >= 15 is 0 Å². The molecular formula is C19H16BrN5O. The lowest BCUT2D eigenvalue weighted by molar-refractivity contribution is 0.0986. The van der Waals surface area contributed by atoms with Crippen molar-refractivity contribution in [2.24, 2.45) is 5.84 Å². The Bertz CT molecular complexity index is 1020. The summed E-state index contributed by atoms with van der Waals surface area (Å²) in [5.74, 6) is 5.81. The van der Waals surface area contributed by atoms with E-state index in [-0.39, 0.29) is 5.82 Å². The molecule has 0 spiro atoms. The number of nitrogens with zero attached hydrogens (tertiary/aromatic N) is 4. The number of nitrogens with two attached hydrogens (primary N) is 1. The van der Waals surface area contributed by atoms with Crippen molar-refractivity contribution in [3.8, 4) is 6.07 Å². The standard InChI is InChI=1S/C19H16BrN5O/c1-19(2,11-21)13-5-3-12(4-6-13)18(26)25(22)17-10-23-15-8-7-14(20)9-16(15)24-17/h3-10H,22H2,1-2H3. The maximum atomic E-state index is 12.6. The zero-order valence-electron chi connectivity index (χ0n) is 14.3. The summed E-state index contributed by atoms with van der Waals surface area (Å²) in [6, 6.07) is 14.6. The van der Waals surface area contributed by atoms with Gasteiger partial charge in [-0.1, -0.05) is 28.1 Å². The molecule has 0 saturated heterocycles. The largest absolute Gasteiger partial charge is 0.273 e. The van der Waals surface area contributed by atoms with Gasteiger partial charge in [0.15, 0.2) is 5.82 Å². The van der Waals surface area contributed by atoms with Gasteiger partial charge < -0.3 is 0 Å². The number of hydrogen-bond acceptors (Lipinski definition) is 5. The number of hydrogen-bond donors (Lipinski definition) is 1. The number of hydrazine groups is 1. The maximum Gasteiger partial charge on any atom is 0.273 e. The van der Waals surface area contributed by atoms with Crippen LogP contribution in [-0.4, -0.2) is 15.9 Å². The van der Waals surface area contributed by atoms with E-state index in [4.69, 9.17) is 5.84 Å². The van der Waals surface area contributed by atoms with Crippen LogP contribution in [0.25, 0.3) is 11.0 Å². The van der Waals surface area contributed by atoms with Crippen LogP contribution in [-0.2, 0) is 5.41 Å². The summed E-state index contributed by atoms with van der Waals surface area (Å²) >= 11 is 3.39. The van der Waals surface area contributed by atoms with E-state index in [0.717, 1.165) is 15.0 Å². The molecule has 1 heterocycles. The molecule has 3 rings (SSSR count). The molecule has 0 fully saturated rings. The third-order valence-corrected chi connectivity index (χ3v) is 4.58. The van der Waals surface area contributed by atoms with E-state index in [1.807, 2.05) is 32.0 Å². The zero-order valence-corrected chi connectivity index (χ0v) is 15.9. The Morgan fingerprint density at radius 3 is 2.54 bits per heavy atom. The Hall–Kier alpha value is -2.82. The summed E-state index contributed by atoms with van der Waals surface area (Å²) in [6.45, 7) is 3.64. The Balaban J connectivity index is 1.89. The molecule has 0 aliphatic heterocycles. The summed E-state index contributed by atoms with van der Waals surface area (Å²) in [4.78, 5) is 21.3. The number of nitriles is 1. The number of amides is 1. The number of carbonyl (C=O) groups is 1. The molecule has 7 heteroatoms. The van der Waals surface area contributed by atoms with Crippen LogP contribution in [0, 0.1) is 11.3 Å². The molecule has 0 atom stereocenters. The Morgan fingerprint density at radius 1 is 1.19 bits per heavy atom. The van der Waals surface area contributed by atoms with Crippen LogP contribution in [0.3, 0.4) is 0 Å². The second-order valence-electron chi connectivity index (χ2n) is 6.35. The van der Waals surface area contributed by atoms with Crippen molar-refractivity contribution in [2.75, 3.05) is 5.01 Å². The van der Waals surface area contributed by atoms with Crippen molar-refractivity contribution in [3.63, 3.8) is 0 Å². The van der Waals surface area contributed by atoms with Gasteiger partial charge in [-0.2, -0.15) is 5.26 Å². The predicted octanol–water partition coefficient (Wildman–Crippen LogP) is 3.71. The van der Waals surface area contributed by atoms with Gasteiger partial charge in [0.2, 0.25) is 0 Å². The van der Waals surface area contributed by atoms with Crippen molar-refractivity contribution in [1.82, 2.24) is 9.97 Å². The Kier molecular flexibility index (Phi) is 4.72. The fourth-order valence-electron chi connectivity index (χ4n) is 2.43. The van der Waals surface area contributed by atoms with E-state index in [1.54, 1.807) is 24.3 Å². The van der Waals surface area contributed by atoms with Gasteiger partial charge in [0.05, 0.1) is 28.7 Å². The molecule has 1 amide bonds. The fraction of sp³-hybridized carbons (Fsp3) is 0.158. The van der Waals surface area contributed by atoms with Crippen LogP contribution in [0.1, 0.15) is 29.8 Å². The molecule has 1 aromatic heterocycles. The van der Waals surface area contributed by atoms with Crippen molar-refractivity contribution in [2.45, 2.75) is 19.3 Å². The molecule has 2 aromatic carbocycles. The van der Waals surface area contributed by atoms with E-state index in [1.165, 1.54) is 6.20 Å². The van der Waals surface area contributed by atoms with Gasteiger partial charge in [0.25, 0.3) is 5.91 Å². The highest BCUT2D eigenvalue weighted by molar-refractivity contribution is 9.10. The van der Waals surface area contributed by atoms with E-state index in [2.05, 4.69) is 32.0 Å². The number of halogens is 1. The maximum absolute atomic E-state index is 12.6. The molecule has 0 bridgehead atoms. The highest BCUT2D eigenvalue weighted by Crippen LogP contribution is 2.23. The Labute approximate surface area is 159 Å². The van der Waals surface area contributed by atoms with Gasteiger partial charge in [-0.3, -0.25) is 9.78 Å². The lowest BCUT2D eigenvalue weighted by atomic mass is 9.86. The molecule has 6 nitrogen and oxygen atoms in total. The van der Waals surface area contributed by atoms with E-state index in [0.29, 0.717) is 16.6 Å². The van der Waals surface area contributed by atoms with Crippen molar-refractivity contribution in [3.05, 3.63) is 64.3 Å². The predicted molar refractivity (Wildman–Crippen MR) is 103 cm³/mol. The lowest BCUT2D eigenvalue weighted by Gasteiger charge is -2.18. The van der Waals surface area contributed by atoms with Gasteiger partial charge in [-0.15, -0.1) is 0 Å². The first kappa shape index (κ1) is 18.0. The average molecular weight is 410 g/mol. The molecule has 0 aliphatic rings. The first-order chi connectivity index (χ1) is 12.3. The molecule has 3 aromatic rings. The summed E-state index contributed by atoms with van der Waals surface area (Å²) in [5.41, 5.74) is 1.95. The van der Waals surface area contributed by atoms with Crippen LogP contribution >= 0.6 is 15.9 Å². The van der Waals surface area contributed by atoms with Gasteiger partial charge in [-0.05, 0) is 49.7 Å². The summed E-state index contributed by atoms with van der Waals surface area (Å²) < 4.78 is 0.863. The molecule has 0 saturated carbocycles. The zero-order chi connectivity index (χ0) is 18.9. The lowest BCUT2D eigenvalue weighted by Crippen LogP contribution is -2.38. The summed E-state index contributed by atoms with van der Waals surface area (Å²) in [5, 5.41) is 10.2. The van der Waals surface area contributed by atoms with Crippen LogP contribution in [0.2, 0.25) is 0 Å². The van der Waals surface area contributed by atoms with Crippen molar-refractivity contribution >= 4 is 38.7 Å². The molecular weight excluding hydrogens is 394 g/mol. The second-order valence-corrected chi connectivity index (χ2v) is 7.27. The minimum absolute atomic E-state index is 0.252. The minimum Gasteiger partial charge on any atom is -0.267 e. The monoisotopic (exact) mass is 409 g/mol. The quantitative estimate of drug-likeness (QED) is 0.403. The molecule has 0 aliphatic carbocycles. The number of aromatic nitrogens is 2. The molecule has 130 valence electrons. The smallest absolute Gasteiger partial charge is 0.267 e. The number of rotatable bonds is 3. The number of anilines is 1. The van der Waals surface area contributed by atoms with Gasteiger partial charge >= 0.3 is 0 Å². The topological polar surface area (TPSA) is 95.9 Å². The van der Waals surface area contributed by atoms with Crippen LogP contribution in [0.4, 0.5) is 5.82 Å². The van der Waals surface area contributed by atoms with Gasteiger partial charge in [0.1, 0.15) is 0 Å². The van der Waals surface area contributed by atoms with Crippen LogP contribution in [0.5, 0.6) is 0 Å². The van der Waals surface area contributed by atoms with E-state index < -0.39 is 11.3 Å². The highest BCUT2D eigenvalue weighted by Gasteiger charge is 2.21. The average Bonchev–Trinajstić information content (AvgIpc) is 2.66. The van der Waals surface area contributed by atoms with Crippen LogP contribution < -0.4 is 10.9 Å². The molecule has 2 N–H and O–H groups in total. The van der Waals surface area contributed by atoms with Gasteiger partial charge in [-0.25, -0.2) is 15.8 Å². The molecule has 26 heavy (non-hydrogen) atoms. The first-order valence-corrected chi connectivity index (χ1v) is 8.64. The second kappa shape index (κ2) is 6.83. The summed E-state index contributed by atoms with van der Waals surface area (Å²) in [6.07, 6.45) is 1.46. The molecule has 0 radical (unpaired) electrons. The fourth-order valence-corrected chi connectivity index (χ4v) is 2.78. The third-order valence-electron chi connectivity index (χ3n) is 4.09. The number of fused-ring (bicyclic) bond motifs is 1. The summed E-state index contributed by atoms with van der Waals surface area (Å²) in [7, 11) is 0. The number of benzene rings is 2. The SMILES string of the molecule is CC(C)(C#N)c1ccc(C(=O)N(N)c2cnc3ccc(Br)cc3n2)cc1. The molecule has 0 unspecified atom stereocenters. The normalized spacial score (nSPS) is 11.2. The van der Waals surface area contributed by atoms with Gasteiger partial charge in [0, 0.05) is 10.0 Å². The van der Waals surface area contributed by atoms with Crippen molar-refractivity contribution in [1.29, 1.82) is 5.26 Å².